The maximum Gasteiger partial charge on any atom is 0.118 e. The fraction of sp³-hybridized carbons (Fsp3) is 0.333. The van der Waals surface area contributed by atoms with Gasteiger partial charge in [0.2, 0.25) is 0 Å². The monoisotopic (exact) mass is 332 g/mol. The van der Waals surface area contributed by atoms with Gasteiger partial charge in [-0.3, -0.25) is 0 Å². The Morgan fingerprint density at radius 2 is 1.14 bits per heavy atom. The van der Waals surface area contributed by atoms with Gasteiger partial charge in [-0.2, -0.15) is 0 Å². The van der Waals surface area contributed by atoms with Crippen molar-refractivity contribution in [3.63, 3.8) is 0 Å². The van der Waals surface area contributed by atoms with Gasteiger partial charge in [0, 0.05) is 0 Å². The van der Waals surface area contributed by atoms with Gasteiger partial charge in [-0.05, 0) is 53.3 Å². The van der Waals surface area contributed by atoms with E-state index >= 15 is 0 Å². The quantitative estimate of drug-likeness (QED) is 0.802. The predicted molar refractivity (Wildman–Crippen MR) is 96.3 cm³/mol. The van der Waals surface area contributed by atoms with Crippen molar-refractivity contribution >= 4 is 23.5 Å². The molecular formula is C18H20O2S2. The van der Waals surface area contributed by atoms with Crippen LogP contribution in [0.1, 0.15) is 17.5 Å². The molecule has 2 aromatic rings. The number of thioether (sulfide) groups is 2. The second-order valence-electron chi connectivity index (χ2n) is 5.12. The summed E-state index contributed by atoms with van der Waals surface area (Å²) in [6.45, 7) is 0. The summed E-state index contributed by atoms with van der Waals surface area (Å²) in [5, 5.41) is 0. The molecule has 0 spiro atoms. The first-order valence-corrected chi connectivity index (χ1v) is 9.32. The standard InChI is InChI=1S/C18H20O2S2/c1-19-16-8-4-14(5-9-16)18(21-12-3-13-22-18)15-6-10-17(20-2)11-7-15/h4-11H,3,12-13H2,1-2H3. The lowest BCUT2D eigenvalue weighted by molar-refractivity contribution is 0.414. The lowest BCUT2D eigenvalue weighted by atomic mass is 10.0. The molecule has 2 nitrogen and oxygen atoms in total. The summed E-state index contributed by atoms with van der Waals surface area (Å²) in [5.41, 5.74) is 2.65. The highest BCUT2D eigenvalue weighted by Crippen LogP contribution is 2.55. The van der Waals surface area contributed by atoms with Gasteiger partial charge in [0.15, 0.2) is 0 Å². The molecule has 116 valence electrons. The van der Waals surface area contributed by atoms with Crippen molar-refractivity contribution in [1.82, 2.24) is 0 Å². The van der Waals surface area contributed by atoms with E-state index in [2.05, 4.69) is 48.5 Å². The van der Waals surface area contributed by atoms with Gasteiger partial charge in [-0.25, -0.2) is 0 Å². The van der Waals surface area contributed by atoms with Crippen molar-refractivity contribution in [1.29, 1.82) is 0 Å². The van der Waals surface area contributed by atoms with Gasteiger partial charge >= 0.3 is 0 Å². The molecular weight excluding hydrogens is 312 g/mol. The van der Waals surface area contributed by atoms with Crippen molar-refractivity contribution in [2.24, 2.45) is 0 Å². The molecule has 0 unspecified atom stereocenters. The van der Waals surface area contributed by atoms with E-state index in [1.165, 1.54) is 29.1 Å². The number of hydrogen-bond acceptors (Lipinski definition) is 4. The highest BCUT2D eigenvalue weighted by molar-refractivity contribution is 8.18. The molecule has 1 aliphatic heterocycles. The minimum atomic E-state index is -0.0310. The van der Waals surface area contributed by atoms with Crippen molar-refractivity contribution in [2.45, 2.75) is 10.5 Å². The summed E-state index contributed by atoms with van der Waals surface area (Å²) >= 11 is 4.05. The van der Waals surface area contributed by atoms with Crippen molar-refractivity contribution in [3.8, 4) is 11.5 Å². The first-order valence-electron chi connectivity index (χ1n) is 7.35. The molecule has 0 saturated carbocycles. The topological polar surface area (TPSA) is 18.5 Å². The number of benzene rings is 2. The Bertz CT molecular complexity index is 552. The van der Waals surface area contributed by atoms with Crippen LogP contribution in [-0.4, -0.2) is 25.7 Å². The van der Waals surface area contributed by atoms with Crippen LogP contribution >= 0.6 is 23.5 Å². The summed E-state index contributed by atoms with van der Waals surface area (Å²) in [4.78, 5) is 0. The molecule has 0 radical (unpaired) electrons. The average molecular weight is 332 g/mol. The third-order valence-corrected chi connectivity index (χ3v) is 7.29. The molecule has 0 N–H and O–H groups in total. The molecule has 0 aromatic heterocycles. The van der Waals surface area contributed by atoms with E-state index in [4.69, 9.17) is 9.47 Å². The molecule has 1 aliphatic rings. The van der Waals surface area contributed by atoms with E-state index in [0.29, 0.717) is 0 Å². The molecule has 1 heterocycles. The molecule has 0 amide bonds. The molecule has 0 atom stereocenters. The summed E-state index contributed by atoms with van der Waals surface area (Å²) < 4.78 is 10.6. The maximum absolute atomic E-state index is 5.30. The molecule has 3 rings (SSSR count). The molecule has 0 bridgehead atoms. The third-order valence-electron chi connectivity index (χ3n) is 3.84. The molecule has 2 aromatic carbocycles. The Hall–Kier alpha value is -1.26. The van der Waals surface area contributed by atoms with Gasteiger partial charge in [0.1, 0.15) is 15.6 Å². The third kappa shape index (κ3) is 2.95. The largest absolute Gasteiger partial charge is 0.497 e. The maximum atomic E-state index is 5.30. The average Bonchev–Trinajstić information content (AvgIpc) is 2.62. The summed E-state index contributed by atoms with van der Waals surface area (Å²) in [5.74, 6) is 4.18. The zero-order valence-corrected chi connectivity index (χ0v) is 14.5. The van der Waals surface area contributed by atoms with Gasteiger partial charge in [-0.1, -0.05) is 24.3 Å². The summed E-state index contributed by atoms with van der Waals surface area (Å²) in [7, 11) is 3.41. The van der Waals surface area contributed by atoms with E-state index in [1.54, 1.807) is 14.2 Å². The van der Waals surface area contributed by atoms with E-state index in [0.717, 1.165) is 11.5 Å². The van der Waals surface area contributed by atoms with Crippen molar-refractivity contribution in [3.05, 3.63) is 59.7 Å². The zero-order valence-electron chi connectivity index (χ0n) is 12.9. The van der Waals surface area contributed by atoms with Crippen molar-refractivity contribution < 1.29 is 9.47 Å². The smallest absolute Gasteiger partial charge is 0.118 e. The van der Waals surface area contributed by atoms with E-state index < -0.39 is 0 Å². The lowest BCUT2D eigenvalue weighted by Gasteiger charge is -2.37. The molecule has 1 saturated heterocycles. The SMILES string of the molecule is COc1ccc(C2(c3ccc(OC)cc3)SCCCS2)cc1. The summed E-state index contributed by atoms with van der Waals surface area (Å²) in [6, 6.07) is 17.0. The Balaban J connectivity index is 2.02. The highest BCUT2D eigenvalue weighted by atomic mass is 32.2. The number of methoxy groups -OCH3 is 2. The Kier molecular flexibility index (Phi) is 4.89. The van der Waals surface area contributed by atoms with Gasteiger partial charge in [0.05, 0.1) is 14.2 Å². The second kappa shape index (κ2) is 6.88. The second-order valence-corrected chi connectivity index (χ2v) is 8.00. The summed E-state index contributed by atoms with van der Waals surface area (Å²) in [6.07, 6.45) is 1.27. The Labute approximate surface area is 140 Å². The fourth-order valence-corrected chi connectivity index (χ4v) is 6.03. The molecule has 1 fully saturated rings. The fourth-order valence-electron chi connectivity index (χ4n) is 2.65. The van der Waals surface area contributed by atoms with Gasteiger partial charge in [0.25, 0.3) is 0 Å². The van der Waals surface area contributed by atoms with Crippen molar-refractivity contribution in [2.75, 3.05) is 25.7 Å². The van der Waals surface area contributed by atoms with E-state index in [9.17, 15) is 0 Å². The van der Waals surface area contributed by atoms with Gasteiger partial charge in [-0.15, -0.1) is 23.5 Å². The number of rotatable bonds is 4. The first kappa shape index (κ1) is 15.6. The van der Waals surface area contributed by atoms with Crippen LogP contribution < -0.4 is 9.47 Å². The van der Waals surface area contributed by atoms with E-state index in [1.807, 2.05) is 23.5 Å². The minimum absolute atomic E-state index is 0.0310. The van der Waals surface area contributed by atoms with Crippen LogP contribution in [0.3, 0.4) is 0 Å². The normalized spacial score (nSPS) is 17.0. The van der Waals surface area contributed by atoms with Crippen LogP contribution in [0.2, 0.25) is 0 Å². The number of ether oxygens (including phenoxy) is 2. The minimum Gasteiger partial charge on any atom is -0.497 e. The van der Waals surface area contributed by atoms with Crippen LogP contribution in [0.5, 0.6) is 11.5 Å². The van der Waals surface area contributed by atoms with E-state index in [-0.39, 0.29) is 4.08 Å². The van der Waals surface area contributed by atoms with Crippen LogP contribution in [-0.2, 0) is 4.08 Å². The lowest BCUT2D eigenvalue weighted by Crippen LogP contribution is -2.24. The van der Waals surface area contributed by atoms with Crippen LogP contribution in [0.25, 0.3) is 0 Å². The highest BCUT2D eigenvalue weighted by Gasteiger charge is 2.37. The van der Waals surface area contributed by atoms with Crippen LogP contribution in [0.4, 0.5) is 0 Å². The predicted octanol–water partition coefficient (Wildman–Crippen LogP) is 4.78. The van der Waals surface area contributed by atoms with Gasteiger partial charge < -0.3 is 9.47 Å². The first-order chi connectivity index (χ1) is 10.8. The number of hydrogen-bond donors (Lipinski definition) is 0. The van der Waals surface area contributed by atoms with Crippen LogP contribution in [0.15, 0.2) is 48.5 Å². The zero-order chi connectivity index (χ0) is 15.4. The Morgan fingerprint density at radius 1 is 0.727 bits per heavy atom. The molecule has 0 aliphatic carbocycles. The van der Waals surface area contributed by atoms with Crippen LogP contribution in [0, 0.1) is 0 Å². The molecule has 22 heavy (non-hydrogen) atoms. The molecule has 4 heteroatoms. The Morgan fingerprint density at radius 3 is 1.50 bits per heavy atom.